The standard InChI is InChI=1S/C18H29NO4/c1-17(2,3)14-9-8-13(15(20)22-7)12(14)10-11-19-16(21)23-18(4,5)6/h8-9,14H,10-11H2,1-7H3,(H,19,21). The van der Waals surface area contributed by atoms with Gasteiger partial charge in [0, 0.05) is 12.5 Å². The van der Waals surface area contributed by atoms with Crippen molar-refractivity contribution in [3.05, 3.63) is 23.3 Å². The highest BCUT2D eigenvalue weighted by molar-refractivity contribution is 5.93. The van der Waals surface area contributed by atoms with Crippen LogP contribution in [0.25, 0.3) is 0 Å². The molecule has 5 heteroatoms. The minimum atomic E-state index is -0.524. The van der Waals surface area contributed by atoms with Crippen molar-refractivity contribution in [2.24, 2.45) is 11.3 Å². The van der Waals surface area contributed by atoms with Crippen LogP contribution in [0.3, 0.4) is 0 Å². The summed E-state index contributed by atoms with van der Waals surface area (Å²) in [4.78, 5) is 23.7. The molecule has 1 atom stereocenters. The second-order valence-corrected chi connectivity index (χ2v) is 7.81. The van der Waals surface area contributed by atoms with Gasteiger partial charge >= 0.3 is 12.1 Å². The largest absolute Gasteiger partial charge is 0.465 e. The fraction of sp³-hybridized carbons (Fsp3) is 0.667. The van der Waals surface area contributed by atoms with Gasteiger partial charge in [-0.2, -0.15) is 0 Å². The Labute approximate surface area is 139 Å². The number of nitrogens with one attached hydrogen (secondary N) is 1. The molecule has 1 amide bonds. The topological polar surface area (TPSA) is 64.6 Å². The van der Waals surface area contributed by atoms with Crippen LogP contribution in [0.5, 0.6) is 0 Å². The van der Waals surface area contributed by atoms with E-state index >= 15 is 0 Å². The van der Waals surface area contributed by atoms with Crippen LogP contribution in [0, 0.1) is 11.3 Å². The molecule has 1 aliphatic rings. The second-order valence-electron chi connectivity index (χ2n) is 7.81. The zero-order chi connectivity index (χ0) is 17.8. The maximum absolute atomic E-state index is 11.9. The lowest BCUT2D eigenvalue weighted by molar-refractivity contribution is -0.135. The monoisotopic (exact) mass is 323 g/mol. The van der Waals surface area contributed by atoms with Crippen molar-refractivity contribution < 1.29 is 19.1 Å². The highest BCUT2D eigenvalue weighted by atomic mass is 16.6. The van der Waals surface area contributed by atoms with Gasteiger partial charge in [0.1, 0.15) is 5.60 Å². The second kappa shape index (κ2) is 7.20. The molecular weight excluding hydrogens is 294 g/mol. The number of carbonyl (C=O) groups is 2. The molecule has 1 N–H and O–H groups in total. The third-order valence-corrected chi connectivity index (χ3v) is 3.58. The smallest absolute Gasteiger partial charge is 0.407 e. The Hall–Kier alpha value is -1.78. The number of hydrogen-bond donors (Lipinski definition) is 1. The Balaban J connectivity index is 2.76. The molecule has 0 aliphatic heterocycles. The summed E-state index contributed by atoms with van der Waals surface area (Å²) >= 11 is 0. The fourth-order valence-corrected chi connectivity index (χ4v) is 2.61. The van der Waals surface area contributed by atoms with Gasteiger partial charge in [0.15, 0.2) is 0 Å². The zero-order valence-corrected chi connectivity index (χ0v) is 15.3. The summed E-state index contributed by atoms with van der Waals surface area (Å²) in [5.74, 6) is -0.183. The van der Waals surface area contributed by atoms with Crippen LogP contribution in [-0.4, -0.2) is 31.3 Å². The van der Waals surface area contributed by atoms with Crippen LogP contribution in [0.4, 0.5) is 4.79 Å². The zero-order valence-electron chi connectivity index (χ0n) is 15.3. The Morgan fingerprint density at radius 2 is 1.78 bits per heavy atom. The maximum Gasteiger partial charge on any atom is 0.407 e. The van der Waals surface area contributed by atoms with Gasteiger partial charge in [-0.25, -0.2) is 9.59 Å². The van der Waals surface area contributed by atoms with E-state index in [9.17, 15) is 9.59 Å². The van der Waals surface area contributed by atoms with E-state index < -0.39 is 11.7 Å². The van der Waals surface area contributed by atoms with Gasteiger partial charge in [-0.3, -0.25) is 0 Å². The Bertz CT molecular complexity index is 518. The molecule has 0 saturated carbocycles. The lowest BCUT2D eigenvalue weighted by atomic mass is 9.76. The van der Waals surface area contributed by atoms with E-state index in [1.807, 2.05) is 32.9 Å². The summed E-state index contributed by atoms with van der Waals surface area (Å²) in [5.41, 5.74) is 1.07. The number of carbonyl (C=O) groups excluding carboxylic acids is 2. The van der Waals surface area contributed by atoms with Crippen molar-refractivity contribution in [1.82, 2.24) is 5.32 Å². The molecule has 0 fully saturated rings. The van der Waals surface area contributed by atoms with E-state index in [0.717, 1.165) is 5.57 Å². The highest BCUT2D eigenvalue weighted by Crippen LogP contribution is 2.40. The van der Waals surface area contributed by atoms with Crippen molar-refractivity contribution in [1.29, 1.82) is 0 Å². The first-order valence-corrected chi connectivity index (χ1v) is 7.92. The van der Waals surface area contributed by atoms with Crippen LogP contribution in [0.1, 0.15) is 48.0 Å². The van der Waals surface area contributed by atoms with Crippen molar-refractivity contribution >= 4 is 12.1 Å². The number of methoxy groups -OCH3 is 1. The molecule has 0 aromatic rings. The van der Waals surface area contributed by atoms with Crippen molar-refractivity contribution in [3.63, 3.8) is 0 Å². The van der Waals surface area contributed by atoms with Crippen LogP contribution in [0.2, 0.25) is 0 Å². The Kier molecular flexibility index (Phi) is 6.03. The third-order valence-electron chi connectivity index (χ3n) is 3.58. The van der Waals surface area contributed by atoms with Gasteiger partial charge in [-0.05, 0) is 38.2 Å². The number of hydrogen-bond acceptors (Lipinski definition) is 4. The molecule has 0 aromatic carbocycles. The highest BCUT2D eigenvalue weighted by Gasteiger charge is 2.33. The van der Waals surface area contributed by atoms with E-state index in [1.54, 1.807) is 0 Å². The van der Waals surface area contributed by atoms with Crippen LogP contribution >= 0.6 is 0 Å². The first-order valence-electron chi connectivity index (χ1n) is 7.92. The average molecular weight is 323 g/mol. The molecule has 1 rings (SSSR count). The first-order chi connectivity index (χ1) is 10.5. The molecule has 0 bridgehead atoms. The molecule has 0 aromatic heterocycles. The van der Waals surface area contributed by atoms with Crippen molar-refractivity contribution in [3.8, 4) is 0 Å². The van der Waals surface area contributed by atoms with Gasteiger partial charge in [-0.1, -0.05) is 32.9 Å². The predicted molar refractivity (Wildman–Crippen MR) is 90.0 cm³/mol. The summed E-state index contributed by atoms with van der Waals surface area (Å²) < 4.78 is 10.1. The summed E-state index contributed by atoms with van der Waals surface area (Å²) in [6.45, 7) is 12.3. The molecule has 1 unspecified atom stereocenters. The molecule has 0 spiro atoms. The van der Waals surface area contributed by atoms with E-state index in [4.69, 9.17) is 9.47 Å². The molecule has 130 valence electrons. The molecular formula is C18H29NO4. The molecule has 23 heavy (non-hydrogen) atoms. The summed E-state index contributed by atoms with van der Waals surface area (Å²) in [6.07, 6.45) is 3.99. The van der Waals surface area contributed by atoms with E-state index in [1.165, 1.54) is 7.11 Å². The minimum absolute atomic E-state index is 0.00643. The van der Waals surface area contributed by atoms with Crippen LogP contribution in [-0.2, 0) is 14.3 Å². The van der Waals surface area contributed by atoms with Crippen LogP contribution in [0.15, 0.2) is 23.3 Å². The third kappa shape index (κ3) is 5.73. The number of alkyl carbamates (subject to hydrolysis) is 1. The number of ether oxygens (including phenoxy) is 2. The van der Waals surface area contributed by atoms with Gasteiger partial charge in [0.25, 0.3) is 0 Å². The normalized spacial score (nSPS) is 18.1. The van der Waals surface area contributed by atoms with Gasteiger partial charge in [0.05, 0.1) is 12.7 Å². The number of allylic oxidation sites excluding steroid dienone is 1. The molecule has 5 nitrogen and oxygen atoms in total. The first kappa shape index (κ1) is 19.3. The maximum atomic E-state index is 11.9. The number of rotatable bonds is 4. The van der Waals surface area contributed by atoms with Crippen molar-refractivity contribution in [2.75, 3.05) is 13.7 Å². The summed E-state index contributed by atoms with van der Waals surface area (Å²) in [6, 6.07) is 0. The summed E-state index contributed by atoms with van der Waals surface area (Å²) in [5, 5.41) is 2.74. The quantitative estimate of drug-likeness (QED) is 0.803. The fourth-order valence-electron chi connectivity index (χ4n) is 2.61. The average Bonchev–Trinajstić information content (AvgIpc) is 2.79. The number of amides is 1. The van der Waals surface area contributed by atoms with E-state index in [2.05, 4.69) is 26.1 Å². The number of esters is 1. The molecule has 1 aliphatic carbocycles. The van der Waals surface area contributed by atoms with Gasteiger partial charge < -0.3 is 14.8 Å². The molecule has 0 saturated heterocycles. The predicted octanol–water partition coefficient (Wildman–Crippen LogP) is 3.60. The van der Waals surface area contributed by atoms with Crippen molar-refractivity contribution in [2.45, 2.75) is 53.6 Å². The van der Waals surface area contributed by atoms with E-state index in [-0.39, 0.29) is 17.3 Å². The van der Waals surface area contributed by atoms with Gasteiger partial charge in [-0.15, -0.1) is 0 Å². The van der Waals surface area contributed by atoms with Crippen LogP contribution < -0.4 is 5.32 Å². The minimum Gasteiger partial charge on any atom is -0.465 e. The Morgan fingerprint density at radius 3 is 2.26 bits per heavy atom. The molecule has 0 heterocycles. The summed E-state index contributed by atoms with van der Waals surface area (Å²) in [7, 11) is 1.38. The molecule has 0 radical (unpaired) electrons. The van der Waals surface area contributed by atoms with Gasteiger partial charge in [0.2, 0.25) is 0 Å². The SMILES string of the molecule is COC(=O)C1=C(CCNC(=O)OC(C)(C)C)C(C(C)(C)C)C=C1. The van der Waals surface area contributed by atoms with E-state index in [0.29, 0.717) is 18.5 Å². The Morgan fingerprint density at radius 1 is 1.17 bits per heavy atom. The lowest BCUT2D eigenvalue weighted by Gasteiger charge is -2.29. The lowest BCUT2D eigenvalue weighted by Crippen LogP contribution is -2.33.